The highest BCUT2D eigenvalue weighted by atomic mass is 32.2. The van der Waals surface area contributed by atoms with Crippen molar-refractivity contribution < 1.29 is 12.9 Å². The summed E-state index contributed by atoms with van der Waals surface area (Å²) in [6.45, 7) is 3.68. The zero-order chi connectivity index (χ0) is 19.7. The van der Waals surface area contributed by atoms with Crippen molar-refractivity contribution in [3.63, 3.8) is 0 Å². The number of piperidine rings is 1. The van der Waals surface area contributed by atoms with Crippen molar-refractivity contribution in [2.75, 3.05) is 18.0 Å². The molecule has 1 fully saturated rings. The van der Waals surface area contributed by atoms with Crippen LogP contribution < -0.4 is 10.0 Å². The van der Waals surface area contributed by atoms with Crippen molar-refractivity contribution >= 4 is 15.8 Å². The van der Waals surface area contributed by atoms with E-state index in [1.54, 1.807) is 25.3 Å². The van der Waals surface area contributed by atoms with Crippen LogP contribution in [0.15, 0.2) is 45.9 Å². The normalized spacial score (nSPS) is 15.0. The lowest BCUT2D eigenvalue weighted by Crippen LogP contribution is -2.30. The molecule has 0 unspecified atom stereocenters. The Morgan fingerprint density at radius 3 is 2.57 bits per heavy atom. The number of benzene rings is 1. The number of nitrogens with zero attached hydrogens (tertiary/aromatic N) is 4. The van der Waals surface area contributed by atoms with Gasteiger partial charge in [-0.3, -0.25) is 0 Å². The highest BCUT2D eigenvalue weighted by Gasteiger charge is 2.17. The third-order valence-corrected chi connectivity index (χ3v) is 5.91. The number of nitrogens with two attached hydrogens (primary N) is 1. The summed E-state index contributed by atoms with van der Waals surface area (Å²) < 4.78 is 28.5. The first-order chi connectivity index (χ1) is 13.4. The molecule has 0 amide bonds. The van der Waals surface area contributed by atoms with E-state index >= 15 is 0 Å². The second-order valence-corrected chi connectivity index (χ2v) is 8.43. The second kappa shape index (κ2) is 7.33. The number of hydrogen-bond acceptors (Lipinski definition) is 7. The highest BCUT2D eigenvalue weighted by molar-refractivity contribution is 7.89. The van der Waals surface area contributed by atoms with Crippen LogP contribution in [0.5, 0.6) is 0 Å². The van der Waals surface area contributed by atoms with Gasteiger partial charge >= 0.3 is 0 Å². The van der Waals surface area contributed by atoms with Gasteiger partial charge in [-0.2, -0.15) is 4.98 Å². The lowest BCUT2D eigenvalue weighted by atomic mass is 10.1. The summed E-state index contributed by atoms with van der Waals surface area (Å²) >= 11 is 0. The van der Waals surface area contributed by atoms with Crippen molar-refractivity contribution in [3.05, 3.63) is 42.1 Å². The second-order valence-electron chi connectivity index (χ2n) is 6.90. The number of hydrogen-bond donors (Lipinski definition) is 1. The van der Waals surface area contributed by atoms with Crippen molar-refractivity contribution in [2.24, 2.45) is 5.14 Å². The summed E-state index contributed by atoms with van der Waals surface area (Å²) in [5.41, 5.74) is 1.98. The standard InChI is InChI=1S/C19H21N5O3S/c1-13-11-15(5-6-16(13)28(20,25)26)19-22-18(23-27-19)14-7-8-21-17(12-14)24-9-3-2-4-10-24/h5-8,11-12H,2-4,9-10H2,1H3,(H2,20,25,26). The average molecular weight is 399 g/mol. The summed E-state index contributed by atoms with van der Waals surface area (Å²) in [6.07, 6.45) is 5.35. The van der Waals surface area contributed by atoms with E-state index < -0.39 is 10.0 Å². The molecule has 0 aliphatic carbocycles. The first-order valence-corrected chi connectivity index (χ1v) is 10.7. The summed E-state index contributed by atoms with van der Waals surface area (Å²) in [6, 6.07) is 8.54. The molecule has 0 radical (unpaired) electrons. The van der Waals surface area contributed by atoms with Gasteiger partial charge in [0.05, 0.1) is 4.90 Å². The zero-order valence-electron chi connectivity index (χ0n) is 15.5. The lowest BCUT2D eigenvalue weighted by molar-refractivity contribution is 0.432. The minimum absolute atomic E-state index is 0.0799. The number of rotatable bonds is 4. The number of primary sulfonamides is 1. The maximum Gasteiger partial charge on any atom is 0.258 e. The van der Waals surface area contributed by atoms with Crippen LogP contribution >= 0.6 is 0 Å². The molecular weight excluding hydrogens is 378 g/mol. The van der Waals surface area contributed by atoms with Gasteiger partial charge in [-0.1, -0.05) is 5.16 Å². The lowest BCUT2D eigenvalue weighted by Gasteiger charge is -2.27. The summed E-state index contributed by atoms with van der Waals surface area (Å²) in [7, 11) is -3.76. The summed E-state index contributed by atoms with van der Waals surface area (Å²) in [4.78, 5) is 11.3. The molecule has 4 rings (SSSR count). The van der Waals surface area contributed by atoms with E-state index in [0.717, 1.165) is 24.5 Å². The fraction of sp³-hybridized carbons (Fsp3) is 0.316. The molecule has 1 aliphatic heterocycles. The molecule has 0 atom stereocenters. The van der Waals surface area contributed by atoms with Crippen molar-refractivity contribution in [2.45, 2.75) is 31.1 Å². The molecule has 146 valence electrons. The van der Waals surface area contributed by atoms with Crippen molar-refractivity contribution in [1.29, 1.82) is 0 Å². The summed E-state index contributed by atoms with van der Waals surface area (Å²) in [5.74, 6) is 1.69. The molecule has 3 aromatic rings. The predicted octanol–water partition coefficient (Wildman–Crippen LogP) is 2.74. The number of aromatic nitrogens is 3. The molecular formula is C19H21N5O3S. The molecule has 2 aromatic heterocycles. The van der Waals surface area contributed by atoms with Crippen LogP contribution in [0.4, 0.5) is 5.82 Å². The number of sulfonamides is 1. The van der Waals surface area contributed by atoms with Crippen molar-refractivity contribution in [3.8, 4) is 22.8 Å². The Morgan fingerprint density at radius 2 is 1.86 bits per heavy atom. The molecule has 9 heteroatoms. The van der Waals surface area contributed by atoms with Crippen LogP contribution in [0.2, 0.25) is 0 Å². The quantitative estimate of drug-likeness (QED) is 0.717. The van der Waals surface area contributed by atoms with Gasteiger partial charge in [0, 0.05) is 30.4 Å². The number of aryl methyl sites for hydroxylation is 1. The Bertz CT molecular complexity index is 1100. The first-order valence-electron chi connectivity index (χ1n) is 9.11. The van der Waals surface area contributed by atoms with E-state index in [2.05, 4.69) is 20.0 Å². The van der Waals surface area contributed by atoms with Crippen molar-refractivity contribution in [1.82, 2.24) is 15.1 Å². The first kappa shape index (κ1) is 18.6. The molecule has 1 saturated heterocycles. The van der Waals surface area contributed by atoms with Crippen LogP contribution in [0, 0.1) is 6.92 Å². The molecule has 0 saturated carbocycles. The van der Waals surface area contributed by atoms with Gasteiger partial charge in [0.1, 0.15) is 5.82 Å². The van der Waals surface area contributed by atoms with E-state index in [9.17, 15) is 8.42 Å². The SMILES string of the molecule is Cc1cc(-c2nc(-c3ccnc(N4CCCCC4)c3)no2)ccc1S(N)(=O)=O. The fourth-order valence-corrected chi connectivity index (χ4v) is 4.18. The Balaban J connectivity index is 1.62. The van der Waals surface area contributed by atoms with Gasteiger partial charge in [-0.15, -0.1) is 0 Å². The molecule has 1 aromatic carbocycles. The van der Waals surface area contributed by atoms with Gasteiger partial charge in [-0.05, 0) is 62.1 Å². The van der Waals surface area contributed by atoms with Gasteiger partial charge in [-0.25, -0.2) is 18.5 Å². The van der Waals surface area contributed by atoms with E-state index in [0.29, 0.717) is 22.8 Å². The minimum Gasteiger partial charge on any atom is -0.357 e. The topological polar surface area (TPSA) is 115 Å². The maximum absolute atomic E-state index is 11.6. The van der Waals surface area contributed by atoms with Crippen LogP contribution in [0.3, 0.4) is 0 Å². The van der Waals surface area contributed by atoms with Crippen LogP contribution in [-0.2, 0) is 10.0 Å². The van der Waals surface area contributed by atoms with E-state index in [1.165, 1.54) is 25.3 Å². The van der Waals surface area contributed by atoms with Gasteiger partial charge in [0.25, 0.3) is 5.89 Å². The average Bonchev–Trinajstić information content (AvgIpc) is 3.18. The van der Waals surface area contributed by atoms with Crippen LogP contribution in [0.25, 0.3) is 22.8 Å². The Hall–Kier alpha value is -2.78. The molecule has 3 heterocycles. The molecule has 28 heavy (non-hydrogen) atoms. The molecule has 0 spiro atoms. The van der Waals surface area contributed by atoms with E-state index in [1.807, 2.05) is 12.1 Å². The molecule has 0 bridgehead atoms. The highest BCUT2D eigenvalue weighted by Crippen LogP contribution is 2.27. The fourth-order valence-electron chi connectivity index (χ4n) is 3.41. The van der Waals surface area contributed by atoms with Crippen LogP contribution in [-0.4, -0.2) is 36.6 Å². The van der Waals surface area contributed by atoms with Crippen LogP contribution in [0.1, 0.15) is 24.8 Å². The Kier molecular flexibility index (Phi) is 4.86. The van der Waals surface area contributed by atoms with E-state index in [4.69, 9.17) is 9.66 Å². The Morgan fingerprint density at radius 1 is 1.07 bits per heavy atom. The smallest absolute Gasteiger partial charge is 0.258 e. The zero-order valence-corrected chi connectivity index (χ0v) is 16.3. The maximum atomic E-state index is 11.6. The minimum atomic E-state index is -3.76. The van der Waals surface area contributed by atoms with Gasteiger partial charge < -0.3 is 9.42 Å². The number of pyridine rings is 1. The molecule has 8 nitrogen and oxygen atoms in total. The van der Waals surface area contributed by atoms with E-state index in [-0.39, 0.29) is 4.90 Å². The monoisotopic (exact) mass is 399 g/mol. The summed E-state index contributed by atoms with van der Waals surface area (Å²) in [5, 5.41) is 9.29. The molecule has 2 N–H and O–H groups in total. The Labute approximate surface area is 163 Å². The number of anilines is 1. The molecule has 1 aliphatic rings. The predicted molar refractivity (Wildman–Crippen MR) is 105 cm³/mol. The largest absolute Gasteiger partial charge is 0.357 e. The van der Waals surface area contributed by atoms with Gasteiger partial charge in [0.2, 0.25) is 15.8 Å². The van der Waals surface area contributed by atoms with Gasteiger partial charge in [0.15, 0.2) is 0 Å². The third-order valence-electron chi connectivity index (χ3n) is 4.84. The third kappa shape index (κ3) is 3.76.